The molecule has 0 atom stereocenters. The van der Waals surface area contributed by atoms with Gasteiger partial charge in [-0.05, 0) is 18.9 Å². The van der Waals surface area contributed by atoms with Gasteiger partial charge in [-0.1, -0.05) is 12.1 Å². The minimum atomic E-state index is -0.909. The number of hydrogen-bond donors (Lipinski definition) is 2. The number of amides is 1. The predicted molar refractivity (Wildman–Crippen MR) is 71.4 cm³/mol. The van der Waals surface area contributed by atoms with Crippen molar-refractivity contribution >= 4 is 17.6 Å². The van der Waals surface area contributed by atoms with Crippen molar-refractivity contribution in [2.24, 2.45) is 0 Å². The number of carboxylic acids is 1. The summed E-state index contributed by atoms with van der Waals surface area (Å²) in [6.07, 6.45) is 0.395. The predicted octanol–water partition coefficient (Wildman–Crippen LogP) is 1.43. The number of benzene rings is 1. The highest BCUT2D eigenvalue weighted by atomic mass is 16.6. The van der Waals surface area contributed by atoms with Gasteiger partial charge in [0.25, 0.3) is 5.69 Å². The average Bonchev–Trinajstić information content (AvgIpc) is 2.36. The Morgan fingerprint density at radius 2 is 2.10 bits per heavy atom. The molecule has 0 aromatic heterocycles. The second kappa shape index (κ2) is 7.22. The van der Waals surface area contributed by atoms with Crippen LogP contribution >= 0.6 is 0 Å². The lowest BCUT2D eigenvalue weighted by molar-refractivity contribution is -0.385. The summed E-state index contributed by atoms with van der Waals surface area (Å²) in [5, 5.41) is 21.8. The molecule has 0 saturated heterocycles. The Balaban J connectivity index is 2.56. The molecular weight excluding hydrogens is 264 g/mol. The molecule has 0 unspecified atom stereocenters. The van der Waals surface area contributed by atoms with Gasteiger partial charge in [0.1, 0.15) is 0 Å². The second-order valence-electron chi connectivity index (χ2n) is 4.34. The molecule has 108 valence electrons. The average molecular weight is 280 g/mol. The summed E-state index contributed by atoms with van der Waals surface area (Å²) >= 11 is 0. The van der Waals surface area contributed by atoms with Gasteiger partial charge in [0.15, 0.2) is 0 Å². The third kappa shape index (κ3) is 4.68. The van der Waals surface area contributed by atoms with Crippen molar-refractivity contribution in [3.8, 4) is 0 Å². The van der Waals surface area contributed by atoms with Gasteiger partial charge in [-0.25, -0.2) is 0 Å². The fourth-order valence-electron chi connectivity index (χ4n) is 1.76. The van der Waals surface area contributed by atoms with E-state index in [9.17, 15) is 19.7 Å². The van der Waals surface area contributed by atoms with Crippen molar-refractivity contribution in [1.82, 2.24) is 5.32 Å². The topological polar surface area (TPSA) is 110 Å². The molecule has 0 aliphatic rings. The van der Waals surface area contributed by atoms with Crippen LogP contribution in [0.5, 0.6) is 0 Å². The summed E-state index contributed by atoms with van der Waals surface area (Å²) in [6.45, 7) is 1.88. The van der Waals surface area contributed by atoms with Crippen LogP contribution in [0, 0.1) is 17.0 Å². The molecule has 0 fully saturated rings. The maximum Gasteiger partial charge on any atom is 0.303 e. The minimum Gasteiger partial charge on any atom is -0.481 e. The van der Waals surface area contributed by atoms with Crippen molar-refractivity contribution in [1.29, 1.82) is 0 Å². The molecule has 1 amide bonds. The van der Waals surface area contributed by atoms with E-state index in [-0.39, 0.29) is 31.0 Å². The number of carbonyl (C=O) groups is 2. The van der Waals surface area contributed by atoms with E-state index >= 15 is 0 Å². The monoisotopic (exact) mass is 280 g/mol. The Bertz CT molecular complexity index is 527. The van der Waals surface area contributed by atoms with Gasteiger partial charge in [0.2, 0.25) is 5.91 Å². The largest absolute Gasteiger partial charge is 0.481 e. The zero-order valence-electron chi connectivity index (χ0n) is 11.1. The fourth-order valence-corrected chi connectivity index (χ4v) is 1.76. The van der Waals surface area contributed by atoms with E-state index in [2.05, 4.69) is 5.32 Å². The molecule has 0 aliphatic carbocycles. The first-order valence-corrected chi connectivity index (χ1v) is 6.13. The lowest BCUT2D eigenvalue weighted by Gasteiger charge is -2.07. The Hall–Kier alpha value is -2.44. The van der Waals surface area contributed by atoms with E-state index in [1.165, 1.54) is 12.1 Å². The third-order valence-corrected chi connectivity index (χ3v) is 2.85. The number of nitro groups is 1. The molecule has 0 saturated carbocycles. The van der Waals surface area contributed by atoms with Crippen LogP contribution in [0.15, 0.2) is 18.2 Å². The number of nitrogens with one attached hydrogen (secondary N) is 1. The van der Waals surface area contributed by atoms with Gasteiger partial charge in [0, 0.05) is 24.6 Å². The van der Waals surface area contributed by atoms with Crippen molar-refractivity contribution in [3.05, 3.63) is 39.4 Å². The van der Waals surface area contributed by atoms with Crippen LogP contribution in [0.25, 0.3) is 0 Å². The summed E-state index contributed by atoms with van der Waals surface area (Å²) < 4.78 is 0. The molecule has 7 nitrogen and oxygen atoms in total. The standard InChI is InChI=1S/C13H16N2O5/c1-9-10(4-2-5-11(9)15(19)20)8-12(16)14-7-3-6-13(17)18/h2,4-5H,3,6-8H2,1H3,(H,14,16)(H,17,18). The number of nitro benzene ring substituents is 1. The Morgan fingerprint density at radius 1 is 1.40 bits per heavy atom. The molecule has 1 rings (SSSR count). The summed E-state index contributed by atoms with van der Waals surface area (Å²) in [7, 11) is 0. The SMILES string of the molecule is Cc1c(CC(=O)NCCCC(=O)O)cccc1[N+](=O)[O-]. The second-order valence-corrected chi connectivity index (χ2v) is 4.34. The van der Waals surface area contributed by atoms with Gasteiger partial charge in [-0.3, -0.25) is 19.7 Å². The first-order chi connectivity index (χ1) is 9.41. The van der Waals surface area contributed by atoms with Crippen molar-refractivity contribution in [3.63, 3.8) is 0 Å². The first-order valence-electron chi connectivity index (χ1n) is 6.13. The van der Waals surface area contributed by atoms with Gasteiger partial charge in [-0.2, -0.15) is 0 Å². The van der Waals surface area contributed by atoms with Crippen LogP contribution in [0.2, 0.25) is 0 Å². The van der Waals surface area contributed by atoms with Gasteiger partial charge in [-0.15, -0.1) is 0 Å². The van der Waals surface area contributed by atoms with E-state index < -0.39 is 10.9 Å². The molecule has 0 spiro atoms. The number of hydrogen-bond acceptors (Lipinski definition) is 4. The van der Waals surface area contributed by atoms with Crippen LogP contribution < -0.4 is 5.32 Å². The van der Waals surface area contributed by atoms with E-state index in [4.69, 9.17) is 5.11 Å². The summed E-state index contributed by atoms with van der Waals surface area (Å²) in [4.78, 5) is 32.3. The molecule has 0 heterocycles. The van der Waals surface area contributed by atoms with Crippen LogP contribution in [0.4, 0.5) is 5.69 Å². The van der Waals surface area contributed by atoms with Crippen LogP contribution in [-0.2, 0) is 16.0 Å². The van der Waals surface area contributed by atoms with E-state index in [1.54, 1.807) is 13.0 Å². The maximum absolute atomic E-state index is 11.7. The third-order valence-electron chi connectivity index (χ3n) is 2.85. The number of carbonyl (C=O) groups excluding carboxylic acids is 1. The molecule has 0 radical (unpaired) electrons. The van der Waals surface area contributed by atoms with E-state index in [1.807, 2.05) is 0 Å². The zero-order valence-corrected chi connectivity index (χ0v) is 11.1. The quantitative estimate of drug-likeness (QED) is 0.446. The van der Waals surface area contributed by atoms with Crippen molar-refractivity contribution in [2.75, 3.05) is 6.54 Å². The zero-order chi connectivity index (χ0) is 15.1. The summed E-state index contributed by atoms with van der Waals surface area (Å²) in [6, 6.07) is 4.60. The fraction of sp³-hybridized carbons (Fsp3) is 0.385. The molecule has 7 heteroatoms. The molecular formula is C13H16N2O5. The normalized spacial score (nSPS) is 10.1. The maximum atomic E-state index is 11.7. The molecule has 0 aliphatic heterocycles. The Kier molecular flexibility index (Phi) is 5.64. The summed E-state index contributed by atoms with van der Waals surface area (Å²) in [5.74, 6) is -1.19. The number of carboxylic acid groups (broad SMARTS) is 1. The number of aliphatic carboxylic acids is 1. The molecule has 0 bridgehead atoms. The highest BCUT2D eigenvalue weighted by Gasteiger charge is 2.14. The van der Waals surface area contributed by atoms with Gasteiger partial charge >= 0.3 is 5.97 Å². The highest BCUT2D eigenvalue weighted by molar-refractivity contribution is 5.79. The molecule has 1 aromatic carbocycles. The molecule has 1 aromatic rings. The van der Waals surface area contributed by atoms with E-state index in [0.717, 1.165) is 0 Å². The van der Waals surface area contributed by atoms with Crippen LogP contribution in [0.1, 0.15) is 24.0 Å². The van der Waals surface area contributed by atoms with Gasteiger partial charge < -0.3 is 10.4 Å². The number of rotatable bonds is 7. The minimum absolute atomic E-state index is 0.00385. The van der Waals surface area contributed by atoms with Crippen molar-refractivity contribution < 1.29 is 19.6 Å². The smallest absolute Gasteiger partial charge is 0.303 e. The lowest BCUT2D eigenvalue weighted by atomic mass is 10.0. The van der Waals surface area contributed by atoms with Gasteiger partial charge in [0.05, 0.1) is 11.3 Å². The first kappa shape index (κ1) is 15.6. The Labute approximate surface area is 115 Å². The molecule has 2 N–H and O–H groups in total. The summed E-state index contributed by atoms with van der Waals surface area (Å²) in [5.41, 5.74) is 1.05. The van der Waals surface area contributed by atoms with Crippen LogP contribution in [0.3, 0.4) is 0 Å². The Morgan fingerprint density at radius 3 is 2.70 bits per heavy atom. The van der Waals surface area contributed by atoms with Crippen molar-refractivity contribution in [2.45, 2.75) is 26.2 Å². The molecule has 20 heavy (non-hydrogen) atoms. The number of nitrogens with zero attached hydrogens (tertiary/aromatic N) is 1. The highest BCUT2D eigenvalue weighted by Crippen LogP contribution is 2.21. The lowest BCUT2D eigenvalue weighted by Crippen LogP contribution is -2.26. The van der Waals surface area contributed by atoms with E-state index in [0.29, 0.717) is 17.5 Å². The van der Waals surface area contributed by atoms with Crippen LogP contribution in [-0.4, -0.2) is 28.5 Å².